The first kappa shape index (κ1) is 9.65. The molecule has 16 heavy (non-hydrogen) atoms. The molecule has 1 aromatic rings. The van der Waals surface area contributed by atoms with Crippen LogP contribution in [0.15, 0.2) is 17.3 Å². The number of nitrogens with one attached hydrogen (secondary N) is 1. The Morgan fingerprint density at radius 1 is 1.50 bits per heavy atom. The van der Waals surface area contributed by atoms with E-state index in [2.05, 4.69) is 32.5 Å². The van der Waals surface area contributed by atoms with Crippen molar-refractivity contribution in [3.63, 3.8) is 0 Å². The van der Waals surface area contributed by atoms with Crippen LogP contribution in [0.1, 0.15) is 6.92 Å². The number of nitroso groups, excluding NO2 is 1. The molecule has 0 saturated carbocycles. The van der Waals surface area contributed by atoms with Gasteiger partial charge in [-0.3, -0.25) is 0 Å². The Kier molecular flexibility index (Phi) is 2.10. The number of anilines is 1. The molecular weight excluding hydrogens is 206 g/mol. The highest BCUT2D eigenvalue weighted by Gasteiger charge is 2.44. The van der Waals surface area contributed by atoms with E-state index in [1.807, 2.05) is 6.07 Å². The molecule has 2 bridgehead atoms. The molecule has 0 radical (unpaired) electrons. The summed E-state index contributed by atoms with van der Waals surface area (Å²) in [5.74, 6) is 1.62. The van der Waals surface area contributed by atoms with Crippen LogP contribution in [0, 0.1) is 10.8 Å². The van der Waals surface area contributed by atoms with Gasteiger partial charge in [0.25, 0.3) is 0 Å². The van der Waals surface area contributed by atoms with E-state index in [0.29, 0.717) is 18.0 Å². The van der Waals surface area contributed by atoms with Crippen LogP contribution in [0.3, 0.4) is 0 Å². The van der Waals surface area contributed by atoms with Crippen LogP contribution < -0.4 is 10.2 Å². The van der Waals surface area contributed by atoms with E-state index >= 15 is 0 Å². The first-order chi connectivity index (χ1) is 7.79. The van der Waals surface area contributed by atoms with Gasteiger partial charge < -0.3 is 10.2 Å². The van der Waals surface area contributed by atoms with Gasteiger partial charge in [0.05, 0.1) is 0 Å². The van der Waals surface area contributed by atoms with E-state index in [9.17, 15) is 4.91 Å². The standard InChI is InChI=1S/C10H13N5O/c1-6-7-5-15(8(6)4-11-7)10-3-2-9(14-16)12-13-10/h2-3,6-8,11H,4-5H2,1H3/t6-,7+,8+/m0/s1. The van der Waals surface area contributed by atoms with Crippen molar-refractivity contribution >= 4 is 11.6 Å². The maximum atomic E-state index is 10.2. The molecule has 2 saturated heterocycles. The average Bonchev–Trinajstić information content (AvgIpc) is 2.85. The van der Waals surface area contributed by atoms with Crippen LogP contribution in [-0.2, 0) is 0 Å². The lowest BCUT2D eigenvalue weighted by atomic mass is 10.0. The highest BCUT2D eigenvalue weighted by molar-refractivity contribution is 5.45. The minimum Gasteiger partial charge on any atom is -0.349 e. The van der Waals surface area contributed by atoms with Crippen molar-refractivity contribution in [3.05, 3.63) is 17.0 Å². The Balaban J connectivity index is 1.85. The summed E-state index contributed by atoms with van der Waals surface area (Å²) >= 11 is 0. The van der Waals surface area contributed by atoms with Gasteiger partial charge in [-0.25, -0.2) is 0 Å². The molecule has 2 fully saturated rings. The second-order valence-corrected chi connectivity index (χ2v) is 4.43. The predicted molar refractivity (Wildman–Crippen MR) is 59.6 cm³/mol. The van der Waals surface area contributed by atoms with E-state index in [1.165, 1.54) is 0 Å². The van der Waals surface area contributed by atoms with Gasteiger partial charge in [0, 0.05) is 25.2 Å². The van der Waals surface area contributed by atoms with E-state index in [-0.39, 0.29) is 5.82 Å². The summed E-state index contributed by atoms with van der Waals surface area (Å²) in [7, 11) is 0. The number of hydrogen-bond donors (Lipinski definition) is 1. The smallest absolute Gasteiger partial charge is 0.218 e. The van der Waals surface area contributed by atoms with Crippen molar-refractivity contribution in [2.45, 2.75) is 19.0 Å². The lowest BCUT2D eigenvalue weighted by Crippen LogP contribution is -2.44. The van der Waals surface area contributed by atoms with Crippen LogP contribution >= 0.6 is 0 Å². The van der Waals surface area contributed by atoms with Crippen molar-refractivity contribution in [3.8, 4) is 0 Å². The molecule has 2 aliphatic rings. The SMILES string of the molecule is C[C@@H]1[C@H]2CN[C@@H]1CN2c1ccc(N=O)nn1. The summed E-state index contributed by atoms with van der Waals surface area (Å²) in [5, 5.41) is 14.0. The molecule has 0 aliphatic carbocycles. The third-order valence-electron chi connectivity index (χ3n) is 3.65. The lowest BCUT2D eigenvalue weighted by molar-refractivity contribution is 0.549. The zero-order valence-electron chi connectivity index (χ0n) is 9.00. The fraction of sp³-hybridized carbons (Fsp3) is 0.600. The van der Waals surface area contributed by atoms with Crippen LogP contribution in [0.2, 0.25) is 0 Å². The van der Waals surface area contributed by atoms with Crippen LogP contribution in [-0.4, -0.2) is 35.4 Å². The third kappa shape index (κ3) is 1.30. The Labute approximate surface area is 93.0 Å². The van der Waals surface area contributed by atoms with Gasteiger partial charge in [-0.1, -0.05) is 6.92 Å². The molecule has 3 atom stereocenters. The first-order valence-electron chi connectivity index (χ1n) is 5.46. The van der Waals surface area contributed by atoms with Gasteiger partial charge in [-0.05, 0) is 23.2 Å². The maximum absolute atomic E-state index is 10.2. The molecular formula is C10H13N5O. The van der Waals surface area contributed by atoms with Crippen LogP contribution in [0.25, 0.3) is 0 Å². The summed E-state index contributed by atoms with van der Waals surface area (Å²) < 4.78 is 0. The predicted octanol–water partition coefficient (Wildman–Crippen LogP) is 0.671. The Hall–Kier alpha value is -1.56. The Morgan fingerprint density at radius 2 is 2.38 bits per heavy atom. The molecule has 6 nitrogen and oxygen atoms in total. The number of aromatic nitrogens is 2. The summed E-state index contributed by atoms with van der Waals surface area (Å²) in [4.78, 5) is 12.5. The van der Waals surface area contributed by atoms with Crippen molar-refractivity contribution in [1.29, 1.82) is 0 Å². The zero-order valence-corrected chi connectivity index (χ0v) is 9.00. The van der Waals surface area contributed by atoms with Crippen LogP contribution in [0.4, 0.5) is 11.6 Å². The maximum Gasteiger partial charge on any atom is 0.218 e. The first-order valence-corrected chi connectivity index (χ1v) is 5.46. The minimum absolute atomic E-state index is 0.138. The normalized spacial score (nSPS) is 32.1. The summed E-state index contributed by atoms with van der Waals surface area (Å²) in [5.41, 5.74) is 0. The van der Waals surface area contributed by atoms with E-state index in [4.69, 9.17) is 0 Å². The molecule has 3 rings (SSSR count). The van der Waals surface area contributed by atoms with Gasteiger partial charge in [0.15, 0.2) is 5.82 Å². The Morgan fingerprint density at radius 3 is 2.88 bits per heavy atom. The molecule has 2 aliphatic heterocycles. The molecule has 1 aromatic heterocycles. The second-order valence-electron chi connectivity index (χ2n) is 4.43. The largest absolute Gasteiger partial charge is 0.349 e. The lowest BCUT2D eigenvalue weighted by Gasteiger charge is -2.28. The van der Waals surface area contributed by atoms with E-state index < -0.39 is 0 Å². The number of nitrogens with zero attached hydrogens (tertiary/aromatic N) is 4. The van der Waals surface area contributed by atoms with Crippen molar-refractivity contribution in [1.82, 2.24) is 15.5 Å². The van der Waals surface area contributed by atoms with Gasteiger partial charge >= 0.3 is 0 Å². The van der Waals surface area contributed by atoms with Crippen molar-refractivity contribution in [2.75, 3.05) is 18.0 Å². The highest BCUT2D eigenvalue weighted by atomic mass is 16.3. The van der Waals surface area contributed by atoms with Gasteiger partial charge in [0.1, 0.15) is 0 Å². The quantitative estimate of drug-likeness (QED) is 0.740. The monoisotopic (exact) mass is 219 g/mol. The number of piperazine rings is 1. The highest BCUT2D eigenvalue weighted by Crippen LogP contribution is 2.32. The molecule has 6 heteroatoms. The summed E-state index contributed by atoms with van der Waals surface area (Å²) in [6.07, 6.45) is 0. The van der Waals surface area contributed by atoms with E-state index in [0.717, 1.165) is 18.9 Å². The van der Waals surface area contributed by atoms with Crippen molar-refractivity contribution < 1.29 is 0 Å². The van der Waals surface area contributed by atoms with E-state index in [1.54, 1.807) is 6.07 Å². The van der Waals surface area contributed by atoms with Gasteiger partial charge in [-0.2, -0.15) is 0 Å². The summed E-state index contributed by atoms with van der Waals surface area (Å²) in [6, 6.07) is 4.47. The number of rotatable bonds is 2. The van der Waals surface area contributed by atoms with Crippen LogP contribution in [0.5, 0.6) is 0 Å². The topological polar surface area (TPSA) is 70.5 Å². The minimum atomic E-state index is 0.138. The zero-order chi connectivity index (χ0) is 11.1. The molecule has 0 spiro atoms. The molecule has 0 amide bonds. The molecule has 0 unspecified atom stereocenters. The second kappa shape index (κ2) is 3.48. The van der Waals surface area contributed by atoms with Gasteiger partial charge in [-0.15, -0.1) is 15.1 Å². The van der Waals surface area contributed by atoms with Crippen molar-refractivity contribution in [2.24, 2.45) is 11.1 Å². The third-order valence-corrected chi connectivity index (χ3v) is 3.65. The average molecular weight is 219 g/mol. The fourth-order valence-corrected chi connectivity index (χ4v) is 2.67. The molecule has 0 aromatic carbocycles. The fourth-order valence-electron chi connectivity index (χ4n) is 2.67. The van der Waals surface area contributed by atoms with Gasteiger partial charge in [0.2, 0.25) is 5.82 Å². The number of hydrogen-bond acceptors (Lipinski definition) is 6. The molecule has 3 heterocycles. The molecule has 84 valence electrons. The molecule has 1 N–H and O–H groups in total. The Bertz CT molecular complexity index is 406. The summed E-state index contributed by atoms with van der Waals surface area (Å²) in [6.45, 7) is 4.22. The number of fused-ring (bicyclic) bond motifs is 2.